The molecule has 1 amide bonds. The van der Waals surface area contributed by atoms with Gasteiger partial charge in [0.25, 0.3) is 5.91 Å². The molecule has 2 aromatic carbocycles. The number of aromatic nitrogens is 1. The Kier molecular flexibility index (Phi) is 7.91. The maximum Gasteiger partial charge on any atom is 0.341 e. The number of ether oxygens (including phenoxy) is 1. The van der Waals surface area contributed by atoms with E-state index in [0.29, 0.717) is 24.3 Å². The Labute approximate surface area is 231 Å². The van der Waals surface area contributed by atoms with E-state index in [4.69, 9.17) is 4.74 Å². The number of rotatable bonds is 7. The van der Waals surface area contributed by atoms with Crippen molar-refractivity contribution < 1.29 is 14.3 Å². The van der Waals surface area contributed by atoms with Gasteiger partial charge in [-0.1, -0.05) is 58.0 Å². The number of nitrogens with zero attached hydrogens (tertiary/aromatic N) is 3. The molecule has 0 unspecified atom stereocenters. The summed E-state index contributed by atoms with van der Waals surface area (Å²) in [6.45, 7) is 15.3. The average Bonchev–Trinajstić information content (AvgIpc) is 3.29. The van der Waals surface area contributed by atoms with Crippen molar-refractivity contribution in [1.29, 1.82) is 0 Å². The van der Waals surface area contributed by atoms with Crippen molar-refractivity contribution in [3.63, 3.8) is 0 Å². The van der Waals surface area contributed by atoms with Crippen LogP contribution in [0.1, 0.15) is 61.3 Å². The first-order valence-electron chi connectivity index (χ1n) is 14.2. The number of aromatic amines is 1. The molecule has 2 aliphatic heterocycles. The molecular formula is C32H40N4O3. The summed E-state index contributed by atoms with van der Waals surface area (Å²) >= 11 is 0. The van der Waals surface area contributed by atoms with E-state index in [0.717, 1.165) is 73.4 Å². The molecule has 0 spiro atoms. The topological polar surface area (TPSA) is 68.9 Å². The predicted molar refractivity (Wildman–Crippen MR) is 155 cm³/mol. The van der Waals surface area contributed by atoms with Gasteiger partial charge in [-0.2, -0.15) is 0 Å². The van der Waals surface area contributed by atoms with Crippen molar-refractivity contribution in [2.45, 2.75) is 46.1 Å². The number of hydrogen-bond donors (Lipinski definition) is 1. The van der Waals surface area contributed by atoms with Gasteiger partial charge in [-0.05, 0) is 42.3 Å². The molecule has 3 heterocycles. The molecule has 5 rings (SSSR count). The molecular weight excluding hydrogens is 488 g/mol. The molecule has 1 fully saturated rings. The van der Waals surface area contributed by atoms with Crippen LogP contribution in [0.25, 0.3) is 16.5 Å². The van der Waals surface area contributed by atoms with Crippen molar-refractivity contribution >= 4 is 28.4 Å². The second kappa shape index (κ2) is 11.4. The number of piperazine rings is 1. The first-order chi connectivity index (χ1) is 18.8. The maximum absolute atomic E-state index is 14.0. The molecule has 0 aliphatic carbocycles. The molecule has 1 N–H and O–H groups in total. The number of para-hydroxylation sites is 1. The maximum atomic E-state index is 14.0. The molecule has 2 aliphatic rings. The number of esters is 1. The lowest BCUT2D eigenvalue weighted by atomic mass is 9.81. The standard InChI is InChI=1S/C32H40N4O3/c1-5-18-39-31(38)26-21-36(22-32(3,4)28-25-12-7-8-13-27(25)33-29(26)28)30(37)24-11-9-10-23(19-24)20-35-16-14-34(6-2)15-17-35/h7-13,19,21,33H,5-6,14-18,20,22H2,1-4H3. The Morgan fingerprint density at radius 2 is 1.72 bits per heavy atom. The van der Waals surface area contributed by atoms with E-state index < -0.39 is 11.4 Å². The highest BCUT2D eigenvalue weighted by molar-refractivity contribution is 6.18. The summed E-state index contributed by atoms with van der Waals surface area (Å²) in [4.78, 5) is 37.4. The van der Waals surface area contributed by atoms with Crippen molar-refractivity contribution in [2.75, 3.05) is 45.9 Å². The summed E-state index contributed by atoms with van der Waals surface area (Å²) in [5.41, 5.74) is 4.47. The molecule has 1 aromatic heterocycles. The summed E-state index contributed by atoms with van der Waals surface area (Å²) in [6.07, 6.45) is 2.42. The number of carbonyl (C=O) groups excluding carboxylic acids is 2. The number of fused-ring (bicyclic) bond motifs is 3. The van der Waals surface area contributed by atoms with Crippen LogP contribution in [0.15, 0.2) is 54.7 Å². The third-order valence-electron chi connectivity index (χ3n) is 7.91. The number of nitrogens with one attached hydrogen (secondary N) is 1. The van der Waals surface area contributed by atoms with Crippen molar-refractivity contribution in [3.05, 3.63) is 77.1 Å². The number of amides is 1. The van der Waals surface area contributed by atoms with Crippen molar-refractivity contribution in [2.24, 2.45) is 0 Å². The van der Waals surface area contributed by atoms with Gasteiger partial charge in [-0.25, -0.2) is 4.79 Å². The van der Waals surface area contributed by atoms with E-state index in [2.05, 4.69) is 47.7 Å². The predicted octanol–water partition coefficient (Wildman–Crippen LogP) is 5.03. The fourth-order valence-electron chi connectivity index (χ4n) is 5.87. The summed E-state index contributed by atoms with van der Waals surface area (Å²) in [5, 5.41) is 1.06. The Hall–Kier alpha value is -3.42. The van der Waals surface area contributed by atoms with Gasteiger partial charge in [0.05, 0.1) is 17.9 Å². The van der Waals surface area contributed by atoms with Crippen LogP contribution in [0, 0.1) is 0 Å². The largest absolute Gasteiger partial charge is 0.462 e. The second-order valence-electron chi connectivity index (χ2n) is 11.3. The molecule has 1 saturated heterocycles. The van der Waals surface area contributed by atoms with Crippen molar-refractivity contribution in [1.82, 2.24) is 19.7 Å². The Morgan fingerprint density at radius 3 is 2.46 bits per heavy atom. The number of benzene rings is 2. The molecule has 0 bridgehead atoms. The van der Waals surface area contributed by atoms with Crippen LogP contribution >= 0.6 is 0 Å². The number of hydrogen-bond acceptors (Lipinski definition) is 5. The highest BCUT2D eigenvalue weighted by atomic mass is 16.5. The van der Waals surface area contributed by atoms with Crippen LogP contribution in [-0.2, 0) is 21.5 Å². The second-order valence-corrected chi connectivity index (χ2v) is 11.3. The summed E-state index contributed by atoms with van der Waals surface area (Å²) in [7, 11) is 0. The zero-order valence-electron chi connectivity index (χ0n) is 23.6. The van der Waals surface area contributed by atoms with Crippen molar-refractivity contribution in [3.8, 4) is 0 Å². The lowest BCUT2D eigenvalue weighted by molar-refractivity contribution is -0.136. The van der Waals surface area contributed by atoms with Gasteiger partial charge in [-0.3, -0.25) is 9.69 Å². The van der Waals surface area contributed by atoms with Gasteiger partial charge in [0.1, 0.15) is 0 Å². The highest BCUT2D eigenvalue weighted by Gasteiger charge is 2.37. The fraction of sp³-hybridized carbons (Fsp3) is 0.438. The summed E-state index contributed by atoms with van der Waals surface area (Å²) < 4.78 is 5.59. The minimum atomic E-state index is -0.417. The molecule has 0 radical (unpaired) electrons. The summed E-state index contributed by atoms with van der Waals surface area (Å²) in [5.74, 6) is -0.531. The monoisotopic (exact) mass is 528 g/mol. The van der Waals surface area contributed by atoms with Gasteiger partial charge in [-0.15, -0.1) is 0 Å². The van der Waals surface area contributed by atoms with Crippen LogP contribution in [0.5, 0.6) is 0 Å². The molecule has 3 aromatic rings. The van der Waals surface area contributed by atoms with Gasteiger partial charge in [0.2, 0.25) is 0 Å². The first-order valence-corrected chi connectivity index (χ1v) is 14.2. The average molecular weight is 529 g/mol. The van der Waals surface area contributed by atoms with Crippen LogP contribution in [0.3, 0.4) is 0 Å². The van der Waals surface area contributed by atoms with Gasteiger partial charge >= 0.3 is 5.97 Å². The number of likely N-dealkylation sites (N-methyl/N-ethyl adjacent to an activating group) is 1. The zero-order chi connectivity index (χ0) is 27.6. The molecule has 0 atom stereocenters. The lowest BCUT2D eigenvalue weighted by Crippen LogP contribution is -2.45. The third kappa shape index (κ3) is 5.65. The molecule has 0 saturated carbocycles. The van der Waals surface area contributed by atoms with E-state index in [1.165, 1.54) is 0 Å². The van der Waals surface area contributed by atoms with Gasteiger partial charge < -0.3 is 19.5 Å². The van der Waals surface area contributed by atoms with E-state index in [1.54, 1.807) is 11.1 Å². The first kappa shape index (κ1) is 27.2. The van der Waals surface area contributed by atoms with Crippen LogP contribution in [0.4, 0.5) is 0 Å². The van der Waals surface area contributed by atoms with Crippen LogP contribution in [-0.4, -0.2) is 77.4 Å². The van der Waals surface area contributed by atoms with Gasteiger partial charge in [0.15, 0.2) is 0 Å². The number of carbonyl (C=O) groups is 2. The molecule has 39 heavy (non-hydrogen) atoms. The Morgan fingerprint density at radius 1 is 0.974 bits per heavy atom. The highest BCUT2D eigenvalue weighted by Crippen LogP contribution is 2.40. The van der Waals surface area contributed by atoms with E-state index >= 15 is 0 Å². The van der Waals surface area contributed by atoms with Crippen LogP contribution < -0.4 is 0 Å². The minimum Gasteiger partial charge on any atom is -0.462 e. The summed E-state index contributed by atoms with van der Waals surface area (Å²) in [6, 6.07) is 16.0. The fourth-order valence-corrected chi connectivity index (χ4v) is 5.87. The number of H-pyrrole nitrogens is 1. The quantitative estimate of drug-likeness (QED) is 0.436. The Bertz CT molecular complexity index is 1380. The smallest absolute Gasteiger partial charge is 0.341 e. The van der Waals surface area contributed by atoms with E-state index in [-0.39, 0.29) is 5.91 Å². The molecule has 7 nitrogen and oxygen atoms in total. The van der Waals surface area contributed by atoms with Crippen LogP contribution in [0.2, 0.25) is 0 Å². The van der Waals surface area contributed by atoms with E-state index in [9.17, 15) is 9.59 Å². The SMILES string of the molecule is CCCOC(=O)C1=CN(C(=O)c2cccc(CN3CCN(CC)CC3)c2)CC(C)(C)c2c1[nH]c1ccccc21. The van der Waals surface area contributed by atoms with Gasteiger partial charge in [0, 0.05) is 67.3 Å². The minimum absolute atomic E-state index is 0.115. The molecule has 7 heteroatoms. The van der Waals surface area contributed by atoms with E-state index in [1.807, 2.05) is 43.3 Å². The lowest BCUT2D eigenvalue weighted by Gasteiger charge is -2.34. The zero-order valence-corrected chi connectivity index (χ0v) is 23.6. The molecule has 206 valence electrons. The Balaban J connectivity index is 1.47. The third-order valence-corrected chi connectivity index (χ3v) is 7.91. The normalized spacial score (nSPS) is 17.9.